The second-order valence-corrected chi connectivity index (χ2v) is 4.56. The summed E-state index contributed by atoms with van der Waals surface area (Å²) in [5.41, 5.74) is 2.06. The molecule has 0 heterocycles. The van der Waals surface area contributed by atoms with E-state index in [4.69, 9.17) is 4.74 Å². The molecule has 0 aliphatic heterocycles. The summed E-state index contributed by atoms with van der Waals surface area (Å²) in [6, 6.07) is 12.0. The largest absolute Gasteiger partial charge is 0.508 e. The van der Waals surface area contributed by atoms with Gasteiger partial charge in [0.05, 0.1) is 7.11 Å². The number of phenols is 1. The van der Waals surface area contributed by atoms with Gasteiger partial charge in [0.1, 0.15) is 11.5 Å². The molecule has 1 amide bonds. The Kier molecular flexibility index (Phi) is 3.94. The molecular formula is C16H17NO3. The minimum atomic E-state index is -0.129. The van der Waals surface area contributed by atoms with Gasteiger partial charge in [0, 0.05) is 24.4 Å². The lowest BCUT2D eigenvalue weighted by molar-refractivity contribution is 0.0992. The van der Waals surface area contributed by atoms with Crippen molar-refractivity contribution in [2.75, 3.05) is 19.1 Å². The van der Waals surface area contributed by atoms with Crippen molar-refractivity contribution in [3.63, 3.8) is 0 Å². The smallest absolute Gasteiger partial charge is 0.258 e. The third-order valence-corrected chi connectivity index (χ3v) is 3.19. The lowest BCUT2D eigenvalue weighted by atomic mass is 10.1. The fourth-order valence-corrected chi connectivity index (χ4v) is 2.00. The van der Waals surface area contributed by atoms with Gasteiger partial charge in [-0.25, -0.2) is 0 Å². The lowest BCUT2D eigenvalue weighted by Crippen LogP contribution is -2.26. The topological polar surface area (TPSA) is 49.8 Å². The first-order valence-corrected chi connectivity index (χ1v) is 6.24. The van der Waals surface area contributed by atoms with Crippen molar-refractivity contribution in [1.29, 1.82) is 0 Å². The second-order valence-electron chi connectivity index (χ2n) is 4.56. The zero-order chi connectivity index (χ0) is 14.7. The molecule has 20 heavy (non-hydrogen) atoms. The van der Waals surface area contributed by atoms with Crippen molar-refractivity contribution in [3.8, 4) is 11.5 Å². The molecule has 1 N–H and O–H groups in total. The highest BCUT2D eigenvalue weighted by atomic mass is 16.5. The number of hydrogen-bond acceptors (Lipinski definition) is 3. The Morgan fingerprint density at radius 1 is 1.20 bits per heavy atom. The summed E-state index contributed by atoms with van der Waals surface area (Å²) in [4.78, 5) is 14.0. The normalized spacial score (nSPS) is 10.2. The van der Waals surface area contributed by atoms with Gasteiger partial charge in [0.15, 0.2) is 0 Å². The van der Waals surface area contributed by atoms with E-state index in [1.807, 2.05) is 18.2 Å². The summed E-state index contributed by atoms with van der Waals surface area (Å²) in [5.74, 6) is 0.725. The van der Waals surface area contributed by atoms with Crippen molar-refractivity contribution >= 4 is 11.6 Å². The van der Waals surface area contributed by atoms with Crippen LogP contribution in [0.4, 0.5) is 5.69 Å². The van der Waals surface area contributed by atoms with Crippen LogP contribution in [-0.2, 0) is 0 Å². The molecule has 4 heteroatoms. The second kappa shape index (κ2) is 5.65. The average molecular weight is 271 g/mol. The molecule has 0 unspecified atom stereocenters. The van der Waals surface area contributed by atoms with E-state index in [1.54, 1.807) is 44.2 Å². The van der Waals surface area contributed by atoms with Crippen LogP contribution in [0.5, 0.6) is 11.5 Å². The maximum atomic E-state index is 12.5. The molecule has 2 rings (SSSR count). The van der Waals surface area contributed by atoms with Gasteiger partial charge in [-0.15, -0.1) is 0 Å². The van der Waals surface area contributed by atoms with Crippen molar-refractivity contribution < 1.29 is 14.6 Å². The van der Waals surface area contributed by atoms with Crippen LogP contribution in [-0.4, -0.2) is 25.2 Å². The van der Waals surface area contributed by atoms with Crippen LogP contribution >= 0.6 is 0 Å². The van der Waals surface area contributed by atoms with E-state index in [1.165, 1.54) is 6.07 Å². The molecule has 0 spiro atoms. The molecule has 0 saturated carbocycles. The molecule has 0 atom stereocenters. The number of carbonyl (C=O) groups is 1. The van der Waals surface area contributed by atoms with E-state index in [0.29, 0.717) is 11.3 Å². The van der Waals surface area contributed by atoms with E-state index in [0.717, 1.165) is 11.3 Å². The quantitative estimate of drug-likeness (QED) is 0.933. The summed E-state index contributed by atoms with van der Waals surface area (Å²) < 4.78 is 5.16. The Hall–Kier alpha value is -2.49. The third kappa shape index (κ3) is 2.74. The number of aryl methyl sites for hydroxylation is 1. The Balaban J connectivity index is 2.32. The molecule has 4 nitrogen and oxygen atoms in total. The first-order valence-electron chi connectivity index (χ1n) is 6.24. The number of methoxy groups -OCH3 is 1. The van der Waals surface area contributed by atoms with Crippen LogP contribution in [0.25, 0.3) is 0 Å². The van der Waals surface area contributed by atoms with E-state index >= 15 is 0 Å². The Morgan fingerprint density at radius 3 is 2.60 bits per heavy atom. The van der Waals surface area contributed by atoms with E-state index in [-0.39, 0.29) is 11.7 Å². The molecule has 0 fully saturated rings. The minimum Gasteiger partial charge on any atom is -0.508 e. The van der Waals surface area contributed by atoms with Crippen LogP contribution in [0.15, 0.2) is 42.5 Å². The van der Waals surface area contributed by atoms with Gasteiger partial charge < -0.3 is 14.7 Å². The minimum absolute atomic E-state index is 0.129. The maximum absolute atomic E-state index is 12.5. The van der Waals surface area contributed by atoms with Crippen molar-refractivity contribution in [1.82, 2.24) is 0 Å². The Labute approximate surface area is 118 Å². The van der Waals surface area contributed by atoms with Crippen LogP contribution < -0.4 is 9.64 Å². The number of phenolic OH excluding ortho intramolecular Hbond substituents is 1. The summed E-state index contributed by atoms with van der Waals surface area (Å²) in [7, 11) is 3.30. The SMILES string of the molecule is COc1cccc(N(C)C(=O)c2ccc(O)cc2C)c1. The number of aromatic hydroxyl groups is 1. The highest BCUT2D eigenvalue weighted by Crippen LogP contribution is 2.23. The average Bonchev–Trinajstić information content (AvgIpc) is 2.46. The fourth-order valence-electron chi connectivity index (χ4n) is 2.00. The molecular weight excluding hydrogens is 254 g/mol. The van der Waals surface area contributed by atoms with Gasteiger partial charge in [-0.3, -0.25) is 4.79 Å². The number of nitrogens with zero attached hydrogens (tertiary/aromatic N) is 1. The number of carbonyl (C=O) groups excluding carboxylic acids is 1. The molecule has 0 aliphatic rings. The molecule has 2 aromatic rings. The molecule has 0 bridgehead atoms. The predicted molar refractivity (Wildman–Crippen MR) is 78.6 cm³/mol. The summed E-state index contributed by atoms with van der Waals surface area (Å²) >= 11 is 0. The standard InChI is InChI=1S/C16H17NO3/c1-11-9-13(18)7-8-15(11)16(19)17(2)12-5-4-6-14(10-12)20-3/h4-10,18H,1-3H3. The van der Waals surface area contributed by atoms with Crippen LogP contribution in [0.1, 0.15) is 15.9 Å². The Morgan fingerprint density at radius 2 is 1.95 bits per heavy atom. The third-order valence-electron chi connectivity index (χ3n) is 3.19. The van der Waals surface area contributed by atoms with Crippen LogP contribution in [0.2, 0.25) is 0 Å². The van der Waals surface area contributed by atoms with Crippen molar-refractivity contribution in [2.45, 2.75) is 6.92 Å². The van der Waals surface area contributed by atoms with Gasteiger partial charge in [-0.05, 0) is 42.8 Å². The predicted octanol–water partition coefficient (Wildman–Crippen LogP) is 2.99. The Bertz CT molecular complexity index is 637. The summed E-state index contributed by atoms with van der Waals surface area (Å²) in [6.07, 6.45) is 0. The number of rotatable bonds is 3. The van der Waals surface area contributed by atoms with Gasteiger partial charge in [0.2, 0.25) is 0 Å². The summed E-state index contributed by atoms with van der Waals surface area (Å²) in [6.45, 7) is 1.80. The van der Waals surface area contributed by atoms with Crippen LogP contribution in [0, 0.1) is 6.92 Å². The number of ether oxygens (including phenoxy) is 1. The number of amides is 1. The van der Waals surface area contributed by atoms with Crippen molar-refractivity contribution in [2.24, 2.45) is 0 Å². The zero-order valence-electron chi connectivity index (χ0n) is 11.8. The van der Waals surface area contributed by atoms with E-state index < -0.39 is 0 Å². The van der Waals surface area contributed by atoms with Gasteiger partial charge in [-0.1, -0.05) is 6.07 Å². The number of anilines is 1. The van der Waals surface area contributed by atoms with E-state index in [9.17, 15) is 9.90 Å². The van der Waals surface area contributed by atoms with E-state index in [2.05, 4.69) is 0 Å². The lowest BCUT2D eigenvalue weighted by Gasteiger charge is -2.19. The monoisotopic (exact) mass is 271 g/mol. The highest BCUT2D eigenvalue weighted by molar-refractivity contribution is 6.06. The highest BCUT2D eigenvalue weighted by Gasteiger charge is 2.16. The van der Waals surface area contributed by atoms with Gasteiger partial charge in [-0.2, -0.15) is 0 Å². The van der Waals surface area contributed by atoms with Gasteiger partial charge in [0.25, 0.3) is 5.91 Å². The first-order chi connectivity index (χ1) is 9.52. The zero-order valence-corrected chi connectivity index (χ0v) is 11.8. The summed E-state index contributed by atoms with van der Waals surface area (Å²) in [5, 5.41) is 9.40. The van der Waals surface area contributed by atoms with Crippen LogP contribution in [0.3, 0.4) is 0 Å². The fraction of sp³-hybridized carbons (Fsp3) is 0.188. The molecule has 0 saturated heterocycles. The maximum Gasteiger partial charge on any atom is 0.258 e. The number of benzene rings is 2. The number of hydrogen-bond donors (Lipinski definition) is 1. The molecule has 0 radical (unpaired) electrons. The first kappa shape index (κ1) is 13.9. The molecule has 0 aliphatic carbocycles. The molecule has 104 valence electrons. The molecule has 2 aromatic carbocycles. The van der Waals surface area contributed by atoms with Crippen molar-refractivity contribution in [3.05, 3.63) is 53.6 Å². The van der Waals surface area contributed by atoms with Gasteiger partial charge >= 0.3 is 0 Å². The molecule has 0 aromatic heterocycles.